The lowest BCUT2D eigenvalue weighted by Crippen LogP contribution is -2.46. The van der Waals surface area contributed by atoms with Crippen LogP contribution < -0.4 is 0 Å². The smallest absolute Gasteiger partial charge is 0.300 e. The second-order valence-corrected chi connectivity index (χ2v) is 11.7. The molecular formula is C26H29NOSi. The highest BCUT2D eigenvalue weighted by atomic mass is 28.4. The molecule has 0 heterocycles. The van der Waals surface area contributed by atoms with Crippen molar-refractivity contribution >= 4 is 14.0 Å². The maximum absolute atomic E-state index is 6.65. The molecule has 0 radical (unpaired) electrons. The third-order valence-corrected chi connectivity index (χ3v) is 9.29. The van der Waals surface area contributed by atoms with Crippen molar-refractivity contribution in [1.29, 1.82) is 0 Å². The first-order valence-electron chi connectivity index (χ1n) is 10.7. The Bertz CT molecular complexity index is 800. The number of oxime groups is 1. The first-order chi connectivity index (χ1) is 14.3. The lowest BCUT2D eigenvalue weighted by Gasteiger charge is -2.30. The van der Waals surface area contributed by atoms with Gasteiger partial charge >= 0.3 is 0 Å². The van der Waals surface area contributed by atoms with Crippen LogP contribution in [0, 0.1) is 0 Å². The van der Waals surface area contributed by atoms with Crippen molar-refractivity contribution in [1.82, 2.24) is 0 Å². The largest absolute Gasteiger partial charge is 0.454 e. The maximum Gasteiger partial charge on any atom is 0.300 e. The van der Waals surface area contributed by atoms with Crippen LogP contribution in [0.15, 0.2) is 96.2 Å². The van der Waals surface area contributed by atoms with Gasteiger partial charge in [-0.25, -0.2) is 0 Å². The van der Waals surface area contributed by atoms with E-state index < -0.39 is 8.32 Å². The quantitative estimate of drug-likeness (QED) is 0.325. The molecule has 0 atom stereocenters. The van der Waals surface area contributed by atoms with Gasteiger partial charge < -0.3 is 4.53 Å². The molecule has 0 aromatic heterocycles. The molecule has 4 rings (SSSR count). The van der Waals surface area contributed by atoms with Crippen LogP contribution in [-0.4, -0.2) is 14.0 Å². The number of nitrogens with zero attached hydrogens (tertiary/aromatic N) is 1. The van der Waals surface area contributed by atoms with Gasteiger partial charge in [-0.05, 0) is 42.4 Å². The van der Waals surface area contributed by atoms with E-state index in [9.17, 15) is 0 Å². The van der Waals surface area contributed by atoms with Gasteiger partial charge in [0.05, 0.1) is 5.71 Å². The van der Waals surface area contributed by atoms with Gasteiger partial charge in [-0.3, -0.25) is 0 Å². The van der Waals surface area contributed by atoms with E-state index in [1.807, 2.05) is 0 Å². The molecule has 3 aromatic carbocycles. The van der Waals surface area contributed by atoms with Gasteiger partial charge in [0.2, 0.25) is 0 Å². The van der Waals surface area contributed by atoms with Gasteiger partial charge in [-0.2, -0.15) is 0 Å². The van der Waals surface area contributed by atoms with E-state index in [1.54, 1.807) is 0 Å². The van der Waals surface area contributed by atoms with E-state index in [0.717, 1.165) is 31.0 Å². The zero-order valence-electron chi connectivity index (χ0n) is 17.0. The summed E-state index contributed by atoms with van der Waals surface area (Å²) in [6.07, 6.45) is 4.67. The lowest BCUT2D eigenvalue weighted by molar-refractivity contribution is 0.315. The van der Waals surface area contributed by atoms with E-state index in [4.69, 9.17) is 9.68 Å². The zero-order chi connectivity index (χ0) is 19.8. The fourth-order valence-corrected chi connectivity index (χ4v) is 8.05. The van der Waals surface area contributed by atoms with Crippen molar-refractivity contribution < 1.29 is 4.53 Å². The molecule has 1 fully saturated rings. The molecule has 1 aliphatic rings. The fourth-order valence-electron chi connectivity index (χ4n) is 4.22. The van der Waals surface area contributed by atoms with Crippen molar-refractivity contribution in [3.63, 3.8) is 0 Å². The van der Waals surface area contributed by atoms with Gasteiger partial charge in [0.15, 0.2) is 0 Å². The molecule has 0 unspecified atom stereocenters. The number of hydrogen-bond donors (Lipinski definition) is 0. The Morgan fingerprint density at radius 1 is 0.586 bits per heavy atom. The van der Waals surface area contributed by atoms with Crippen molar-refractivity contribution in [3.05, 3.63) is 108 Å². The molecule has 0 saturated heterocycles. The Kier molecular flexibility index (Phi) is 6.58. The van der Waals surface area contributed by atoms with Crippen molar-refractivity contribution in [2.45, 2.75) is 43.8 Å². The van der Waals surface area contributed by atoms with Crippen LogP contribution in [0.5, 0.6) is 0 Å². The average molecular weight is 400 g/mol. The normalized spacial score (nSPS) is 14.0. The van der Waals surface area contributed by atoms with Crippen LogP contribution in [0.2, 0.25) is 0 Å². The standard InChI is InChI=1S/C26H29NOSi/c1-4-12-23(13-5-1)20-29(21-24-14-6-2-7-15-24,22-25-16-8-3-9-17-25)28-27-26-18-10-11-19-26/h1-9,12-17H,10-11,18-22H2. The second kappa shape index (κ2) is 9.70. The van der Waals surface area contributed by atoms with E-state index >= 15 is 0 Å². The molecule has 0 aliphatic heterocycles. The highest BCUT2D eigenvalue weighted by Gasteiger charge is 2.39. The molecule has 0 spiro atoms. The molecule has 2 nitrogen and oxygen atoms in total. The minimum atomic E-state index is -2.27. The highest BCUT2D eigenvalue weighted by molar-refractivity contribution is 6.72. The van der Waals surface area contributed by atoms with Gasteiger partial charge in [0, 0.05) is 18.1 Å². The average Bonchev–Trinajstić information content (AvgIpc) is 3.28. The minimum absolute atomic E-state index is 0.967. The third-order valence-electron chi connectivity index (χ3n) is 5.66. The molecule has 29 heavy (non-hydrogen) atoms. The Labute approximate surface area is 175 Å². The molecule has 3 aromatic rings. The summed E-state index contributed by atoms with van der Waals surface area (Å²) >= 11 is 0. The number of hydrogen-bond acceptors (Lipinski definition) is 2. The monoisotopic (exact) mass is 399 g/mol. The summed E-state index contributed by atoms with van der Waals surface area (Å²) in [5.41, 5.74) is 5.28. The highest BCUT2D eigenvalue weighted by Crippen LogP contribution is 2.25. The fraction of sp³-hybridized carbons (Fsp3) is 0.269. The van der Waals surface area contributed by atoms with E-state index in [0.29, 0.717) is 0 Å². The van der Waals surface area contributed by atoms with Crippen LogP contribution in [0.3, 0.4) is 0 Å². The first kappa shape index (κ1) is 19.7. The molecule has 0 bridgehead atoms. The van der Waals surface area contributed by atoms with Crippen LogP contribution in [0.25, 0.3) is 0 Å². The predicted octanol–water partition coefficient (Wildman–Crippen LogP) is 6.22. The number of rotatable bonds is 8. The van der Waals surface area contributed by atoms with Crippen LogP contribution in [0.1, 0.15) is 42.4 Å². The van der Waals surface area contributed by atoms with Gasteiger partial charge in [-0.15, -0.1) is 5.16 Å². The Hall–Kier alpha value is -2.65. The molecular weight excluding hydrogens is 370 g/mol. The van der Waals surface area contributed by atoms with Crippen molar-refractivity contribution in [3.8, 4) is 0 Å². The predicted molar refractivity (Wildman–Crippen MR) is 123 cm³/mol. The Morgan fingerprint density at radius 3 is 1.34 bits per heavy atom. The summed E-state index contributed by atoms with van der Waals surface area (Å²) < 4.78 is 6.65. The number of benzene rings is 3. The van der Waals surface area contributed by atoms with Gasteiger partial charge in [-0.1, -0.05) is 91.0 Å². The summed E-state index contributed by atoms with van der Waals surface area (Å²) in [7, 11) is -2.27. The summed E-state index contributed by atoms with van der Waals surface area (Å²) in [6, 6.07) is 35.3. The lowest BCUT2D eigenvalue weighted by atomic mass is 10.2. The maximum atomic E-state index is 6.65. The summed E-state index contributed by atoms with van der Waals surface area (Å²) in [5, 5.41) is 4.76. The van der Waals surface area contributed by atoms with Gasteiger partial charge in [0.25, 0.3) is 8.32 Å². The Balaban J connectivity index is 1.70. The van der Waals surface area contributed by atoms with Crippen LogP contribution in [0.4, 0.5) is 0 Å². The summed E-state index contributed by atoms with van der Waals surface area (Å²) in [6.45, 7) is 0. The zero-order valence-corrected chi connectivity index (χ0v) is 18.0. The van der Waals surface area contributed by atoms with E-state index in [1.165, 1.54) is 35.2 Å². The molecule has 1 saturated carbocycles. The Morgan fingerprint density at radius 2 is 0.966 bits per heavy atom. The minimum Gasteiger partial charge on any atom is -0.454 e. The van der Waals surface area contributed by atoms with Crippen LogP contribution in [-0.2, 0) is 22.7 Å². The summed E-state index contributed by atoms with van der Waals surface area (Å²) in [5.74, 6) is 0. The molecule has 1 aliphatic carbocycles. The molecule has 148 valence electrons. The van der Waals surface area contributed by atoms with E-state index in [-0.39, 0.29) is 0 Å². The molecule has 3 heteroatoms. The topological polar surface area (TPSA) is 21.6 Å². The first-order valence-corrected chi connectivity index (χ1v) is 13.2. The SMILES string of the molecule is c1ccc(C[Si](Cc2ccccc2)(Cc2ccccc2)ON=C2CCCC2)cc1. The molecule has 0 amide bonds. The van der Waals surface area contributed by atoms with Crippen molar-refractivity contribution in [2.24, 2.45) is 5.16 Å². The summed E-state index contributed by atoms with van der Waals surface area (Å²) in [4.78, 5) is 0. The second-order valence-electron chi connectivity index (χ2n) is 8.13. The van der Waals surface area contributed by atoms with Crippen LogP contribution >= 0.6 is 0 Å². The van der Waals surface area contributed by atoms with Crippen molar-refractivity contribution in [2.75, 3.05) is 0 Å². The third kappa shape index (κ3) is 5.67. The van der Waals surface area contributed by atoms with E-state index in [2.05, 4.69) is 91.0 Å². The van der Waals surface area contributed by atoms with Gasteiger partial charge in [0.1, 0.15) is 0 Å². The molecule has 0 N–H and O–H groups in total.